The van der Waals surface area contributed by atoms with E-state index >= 15 is 0 Å². The molecule has 0 aliphatic heterocycles. The van der Waals surface area contributed by atoms with Gasteiger partial charge in [0.05, 0.1) is 6.61 Å². The standard InChI is InChI=1S/C12H23N3O3/c1-4-5-15(6-7-16)11(17)10(8-9(2)3)14-12(13)18/h4,9-10,16H,1,5-8H2,2-3H3,(H3,13,14,18). The maximum atomic E-state index is 12.2. The molecule has 0 aromatic carbocycles. The number of primary amides is 1. The molecule has 6 nitrogen and oxygen atoms in total. The number of nitrogens with two attached hydrogens (primary N) is 1. The Kier molecular flexibility index (Phi) is 7.78. The van der Waals surface area contributed by atoms with Crippen LogP contribution in [0.4, 0.5) is 4.79 Å². The summed E-state index contributed by atoms with van der Waals surface area (Å²) in [7, 11) is 0. The maximum absolute atomic E-state index is 12.2. The fraction of sp³-hybridized carbons (Fsp3) is 0.667. The molecule has 6 heteroatoms. The summed E-state index contributed by atoms with van der Waals surface area (Å²) in [4.78, 5) is 24.5. The lowest BCUT2D eigenvalue weighted by molar-refractivity contribution is -0.133. The van der Waals surface area contributed by atoms with E-state index in [9.17, 15) is 9.59 Å². The molecule has 0 aromatic heterocycles. The number of rotatable bonds is 8. The van der Waals surface area contributed by atoms with Gasteiger partial charge in [-0.15, -0.1) is 6.58 Å². The molecule has 0 spiro atoms. The van der Waals surface area contributed by atoms with Crippen molar-refractivity contribution in [1.82, 2.24) is 10.2 Å². The van der Waals surface area contributed by atoms with Gasteiger partial charge in [-0.2, -0.15) is 0 Å². The molecule has 3 amide bonds. The number of aliphatic hydroxyl groups excluding tert-OH is 1. The van der Waals surface area contributed by atoms with Crippen LogP contribution in [0.15, 0.2) is 12.7 Å². The summed E-state index contributed by atoms with van der Waals surface area (Å²) >= 11 is 0. The van der Waals surface area contributed by atoms with Crippen molar-refractivity contribution in [2.24, 2.45) is 11.7 Å². The van der Waals surface area contributed by atoms with E-state index in [1.807, 2.05) is 13.8 Å². The van der Waals surface area contributed by atoms with Crippen LogP contribution < -0.4 is 11.1 Å². The van der Waals surface area contributed by atoms with Crippen LogP contribution >= 0.6 is 0 Å². The van der Waals surface area contributed by atoms with Crippen molar-refractivity contribution < 1.29 is 14.7 Å². The highest BCUT2D eigenvalue weighted by atomic mass is 16.3. The second-order valence-corrected chi connectivity index (χ2v) is 4.49. The topological polar surface area (TPSA) is 95.7 Å². The van der Waals surface area contributed by atoms with Gasteiger partial charge in [-0.1, -0.05) is 19.9 Å². The largest absolute Gasteiger partial charge is 0.395 e. The number of carbonyl (C=O) groups is 2. The Morgan fingerprint density at radius 3 is 2.50 bits per heavy atom. The van der Waals surface area contributed by atoms with Crippen molar-refractivity contribution >= 4 is 11.9 Å². The highest BCUT2D eigenvalue weighted by Crippen LogP contribution is 2.08. The van der Waals surface area contributed by atoms with Gasteiger partial charge in [-0.05, 0) is 12.3 Å². The first kappa shape index (κ1) is 16.4. The lowest BCUT2D eigenvalue weighted by Crippen LogP contribution is -2.51. The van der Waals surface area contributed by atoms with Gasteiger partial charge in [0.15, 0.2) is 0 Å². The number of amides is 3. The molecule has 0 radical (unpaired) electrons. The lowest BCUT2D eigenvalue weighted by Gasteiger charge is -2.27. The second kappa shape index (κ2) is 8.52. The zero-order valence-electron chi connectivity index (χ0n) is 11.1. The first-order chi connectivity index (χ1) is 8.42. The van der Waals surface area contributed by atoms with Gasteiger partial charge >= 0.3 is 6.03 Å². The van der Waals surface area contributed by atoms with Crippen LogP contribution in [-0.2, 0) is 4.79 Å². The van der Waals surface area contributed by atoms with Crippen molar-refractivity contribution in [3.63, 3.8) is 0 Å². The molecule has 0 fully saturated rings. The Labute approximate surface area is 108 Å². The maximum Gasteiger partial charge on any atom is 0.312 e. The van der Waals surface area contributed by atoms with Crippen LogP contribution in [0.5, 0.6) is 0 Å². The van der Waals surface area contributed by atoms with E-state index in [2.05, 4.69) is 11.9 Å². The molecule has 0 aliphatic rings. The Morgan fingerprint density at radius 2 is 2.11 bits per heavy atom. The Hall–Kier alpha value is -1.56. The monoisotopic (exact) mass is 257 g/mol. The Balaban J connectivity index is 4.76. The van der Waals surface area contributed by atoms with E-state index in [1.54, 1.807) is 6.08 Å². The molecule has 0 rings (SSSR count). The molecule has 0 aliphatic carbocycles. The zero-order valence-corrected chi connectivity index (χ0v) is 11.1. The summed E-state index contributed by atoms with van der Waals surface area (Å²) in [6.07, 6.45) is 2.07. The van der Waals surface area contributed by atoms with Gasteiger partial charge in [0.1, 0.15) is 6.04 Å². The molecular formula is C12H23N3O3. The second-order valence-electron chi connectivity index (χ2n) is 4.49. The van der Waals surface area contributed by atoms with Crippen LogP contribution in [0, 0.1) is 5.92 Å². The first-order valence-electron chi connectivity index (χ1n) is 5.98. The van der Waals surface area contributed by atoms with E-state index in [4.69, 9.17) is 10.8 Å². The van der Waals surface area contributed by atoms with Gasteiger partial charge in [0, 0.05) is 13.1 Å². The van der Waals surface area contributed by atoms with Crippen LogP contribution in [0.25, 0.3) is 0 Å². The third-order valence-electron chi connectivity index (χ3n) is 2.35. The smallest absolute Gasteiger partial charge is 0.312 e. The number of urea groups is 1. The molecule has 0 aromatic rings. The van der Waals surface area contributed by atoms with Gasteiger partial charge in [0.2, 0.25) is 5.91 Å². The van der Waals surface area contributed by atoms with E-state index in [1.165, 1.54) is 4.90 Å². The quantitative estimate of drug-likeness (QED) is 0.537. The van der Waals surface area contributed by atoms with Crippen molar-refractivity contribution in [1.29, 1.82) is 0 Å². The SMILES string of the molecule is C=CCN(CCO)C(=O)C(CC(C)C)NC(N)=O. The summed E-state index contributed by atoms with van der Waals surface area (Å²) in [6.45, 7) is 7.86. The van der Waals surface area contributed by atoms with Crippen molar-refractivity contribution in [2.75, 3.05) is 19.7 Å². The molecule has 0 saturated carbocycles. The fourth-order valence-electron chi connectivity index (χ4n) is 1.65. The molecule has 0 heterocycles. The highest BCUT2D eigenvalue weighted by Gasteiger charge is 2.25. The third-order valence-corrected chi connectivity index (χ3v) is 2.35. The van der Waals surface area contributed by atoms with Crippen molar-refractivity contribution in [3.05, 3.63) is 12.7 Å². The summed E-state index contributed by atoms with van der Waals surface area (Å²) in [5.41, 5.74) is 5.06. The minimum atomic E-state index is -0.725. The minimum Gasteiger partial charge on any atom is -0.395 e. The van der Waals surface area contributed by atoms with E-state index < -0.39 is 12.1 Å². The average molecular weight is 257 g/mol. The normalized spacial score (nSPS) is 12.0. The predicted octanol–water partition coefficient (Wildman–Crippen LogP) is 0.0763. The molecule has 0 bridgehead atoms. The van der Waals surface area contributed by atoms with Crippen molar-refractivity contribution in [3.8, 4) is 0 Å². The minimum absolute atomic E-state index is 0.134. The predicted molar refractivity (Wildman–Crippen MR) is 69.8 cm³/mol. The third kappa shape index (κ3) is 6.24. The van der Waals surface area contributed by atoms with Gasteiger partial charge in [-0.3, -0.25) is 4.79 Å². The molecule has 18 heavy (non-hydrogen) atoms. The van der Waals surface area contributed by atoms with Crippen LogP contribution in [0.3, 0.4) is 0 Å². The lowest BCUT2D eigenvalue weighted by atomic mass is 10.0. The molecule has 104 valence electrons. The number of hydrogen-bond acceptors (Lipinski definition) is 3. The molecule has 1 unspecified atom stereocenters. The summed E-state index contributed by atoms with van der Waals surface area (Å²) < 4.78 is 0. The van der Waals surface area contributed by atoms with Crippen LogP contribution in [0.1, 0.15) is 20.3 Å². The number of nitrogens with zero attached hydrogens (tertiary/aromatic N) is 1. The van der Waals surface area contributed by atoms with Gasteiger partial charge in [0.25, 0.3) is 0 Å². The fourth-order valence-corrected chi connectivity index (χ4v) is 1.65. The Bertz CT molecular complexity index is 292. The van der Waals surface area contributed by atoms with E-state index in [0.717, 1.165) is 0 Å². The number of carbonyl (C=O) groups excluding carboxylic acids is 2. The zero-order chi connectivity index (χ0) is 14.1. The van der Waals surface area contributed by atoms with Crippen LogP contribution in [-0.4, -0.2) is 47.7 Å². The summed E-state index contributed by atoms with van der Waals surface area (Å²) in [6, 6.07) is -1.38. The summed E-state index contributed by atoms with van der Waals surface area (Å²) in [5.74, 6) is -0.0121. The van der Waals surface area contributed by atoms with E-state index in [0.29, 0.717) is 13.0 Å². The average Bonchev–Trinajstić information content (AvgIpc) is 2.25. The van der Waals surface area contributed by atoms with E-state index in [-0.39, 0.29) is 25.0 Å². The van der Waals surface area contributed by atoms with Crippen LogP contribution in [0.2, 0.25) is 0 Å². The molecular weight excluding hydrogens is 234 g/mol. The number of aliphatic hydroxyl groups is 1. The summed E-state index contributed by atoms with van der Waals surface area (Å²) in [5, 5.41) is 11.4. The molecule has 4 N–H and O–H groups in total. The van der Waals surface area contributed by atoms with Gasteiger partial charge < -0.3 is 21.1 Å². The highest BCUT2D eigenvalue weighted by molar-refractivity contribution is 5.86. The van der Waals surface area contributed by atoms with Gasteiger partial charge in [-0.25, -0.2) is 4.79 Å². The molecule has 0 saturated heterocycles. The Morgan fingerprint density at radius 1 is 1.50 bits per heavy atom. The van der Waals surface area contributed by atoms with Crippen molar-refractivity contribution in [2.45, 2.75) is 26.3 Å². The first-order valence-corrected chi connectivity index (χ1v) is 5.98. The molecule has 1 atom stereocenters. The number of nitrogens with one attached hydrogen (secondary N) is 1. The number of hydrogen-bond donors (Lipinski definition) is 3.